The van der Waals surface area contributed by atoms with Gasteiger partial charge in [-0.15, -0.1) is 0 Å². The number of anilines is 2. The molecular formula is C12H10FN5O2S. The Bertz CT molecular complexity index is 817. The van der Waals surface area contributed by atoms with E-state index in [2.05, 4.69) is 15.1 Å². The van der Waals surface area contributed by atoms with Crippen LogP contribution < -0.4 is 16.0 Å². The molecule has 0 aliphatic heterocycles. The number of nitrogens with zero attached hydrogens (tertiary/aromatic N) is 2. The van der Waals surface area contributed by atoms with Crippen LogP contribution in [0.15, 0.2) is 41.6 Å². The number of nitriles is 1. The number of hydrogen-bond acceptors (Lipinski definition) is 6. The van der Waals surface area contributed by atoms with E-state index in [-0.39, 0.29) is 22.0 Å². The molecule has 0 spiro atoms. The Balaban J connectivity index is 2.40. The molecule has 0 aliphatic carbocycles. The molecule has 7 nitrogen and oxygen atoms in total. The molecule has 108 valence electrons. The van der Waals surface area contributed by atoms with Gasteiger partial charge < -0.3 is 5.43 Å². The number of hydrazine groups is 1. The van der Waals surface area contributed by atoms with Crippen LogP contribution in [0.4, 0.5) is 15.8 Å². The van der Waals surface area contributed by atoms with Crippen LogP contribution in [0, 0.1) is 17.1 Å². The molecule has 2 rings (SSSR count). The number of benzene rings is 1. The lowest BCUT2D eigenvalue weighted by Gasteiger charge is -2.10. The molecule has 9 heteroatoms. The maximum absolute atomic E-state index is 13.2. The molecule has 21 heavy (non-hydrogen) atoms. The summed E-state index contributed by atoms with van der Waals surface area (Å²) >= 11 is 0. The fourth-order valence-corrected chi connectivity index (χ4v) is 2.74. The van der Waals surface area contributed by atoms with Crippen LogP contribution in [0.25, 0.3) is 0 Å². The third-order valence-electron chi connectivity index (χ3n) is 2.52. The monoisotopic (exact) mass is 307 g/mol. The SMILES string of the molecule is N#Cc1cc(NS(=O)(=O)c2ncccc2NN)ccc1F. The minimum atomic E-state index is -4.03. The van der Waals surface area contributed by atoms with E-state index in [4.69, 9.17) is 11.1 Å². The molecule has 0 unspecified atom stereocenters. The van der Waals surface area contributed by atoms with Gasteiger partial charge in [-0.3, -0.25) is 10.6 Å². The van der Waals surface area contributed by atoms with Crippen LogP contribution >= 0.6 is 0 Å². The van der Waals surface area contributed by atoms with Gasteiger partial charge in [0.1, 0.15) is 11.9 Å². The average molecular weight is 307 g/mol. The topological polar surface area (TPSA) is 121 Å². The van der Waals surface area contributed by atoms with Crippen molar-refractivity contribution in [3.63, 3.8) is 0 Å². The number of nitrogen functional groups attached to an aromatic ring is 1. The zero-order chi connectivity index (χ0) is 15.5. The lowest BCUT2D eigenvalue weighted by molar-refractivity contribution is 0.597. The van der Waals surface area contributed by atoms with Gasteiger partial charge in [-0.05, 0) is 30.3 Å². The van der Waals surface area contributed by atoms with E-state index in [1.807, 2.05) is 0 Å². The van der Waals surface area contributed by atoms with Gasteiger partial charge in [0.05, 0.1) is 16.9 Å². The lowest BCUT2D eigenvalue weighted by atomic mass is 10.2. The maximum atomic E-state index is 13.2. The van der Waals surface area contributed by atoms with Crippen molar-refractivity contribution in [1.82, 2.24) is 4.98 Å². The van der Waals surface area contributed by atoms with Crippen LogP contribution in [-0.4, -0.2) is 13.4 Å². The second-order valence-corrected chi connectivity index (χ2v) is 5.51. The highest BCUT2D eigenvalue weighted by Gasteiger charge is 2.20. The molecule has 0 saturated heterocycles. The predicted molar refractivity (Wildman–Crippen MR) is 74.0 cm³/mol. The molecule has 1 heterocycles. The number of aromatic nitrogens is 1. The number of halogens is 1. The van der Waals surface area contributed by atoms with Crippen molar-refractivity contribution in [3.05, 3.63) is 47.9 Å². The predicted octanol–water partition coefficient (Wildman–Crippen LogP) is 1.18. The summed E-state index contributed by atoms with van der Waals surface area (Å²) in [7, 11) is -4.03. The Kier molecular flexibility index (Phi) is 4.02. The van der Waals surface area contributed by atoms with Gasteiger partial charge in [0.15, 0.2) is 0 Å². The van der Waals surface area contributed by atoms with E-state index in [1.54, 1.807) is 6.07 Å². The van der Waals surface area contributed by atoms with E-state index in [0.29, 0.717) is 0 Å². The number of nitrogens with one attached hydrogen (secondary N) is 2. The van der Waals surface area contributed by atoms with Crippen molar-refractivity contribution in [2.75, 3.05) is 10.1 Å². The summed E-state index contributed by atoms with van der Waals surface area (Å²) in [5, 5.41) is 8.42. The van der Waals surface area contributed by atoms with Crippen LogP contribution in [0.3, 0.4) is 0 Å². The van der Waals surface area contributed by atoms with Gasteiger partial charge in [-0.2, -0.15) is 13.7 Å². The Morgan fingerprint density at radius 3 is 2.76 bits per heavy atom. The van der Waals surface area contributed by atoms with E-state index in [0.717, 1.165) is 12.1 Å². The fraction of sp³-hybridized carbons (Fsp3) is 0. The van der Waals surface area contributed by atoms with Gasteiger partial charge in [-0.25, -0.2) is 9.37 Å². The highest BCUT2D eigenvalue weighted by Crippen LogP contribution is 2.21. The van der Waals surface area contributed by atoms with Crippen LogP contribution in [0.1, 0.15) is 5.56 Å². The second-order valence-electron chi connectivity index (χ2n) is 3.91. The summed E-state index contributed by atoms with van der Waals surface area (Å²) in [6, 6.07) is 7.86. The summed E-state index contributed by atoms with van der Waals surface area (Å²) in [4.78, 5) is 3.75. The molecule has 0 bridgehead atoms. The van der Waals surface area contributed by atoms with Gasteiger partial charge in [-0.1, -0.05) is 0 Å². The fourth-order valence-electron chi connectivity index (χ4n) is 1.59. The molecule has 1 aromatic carbocycles. The zero-order valence-electron chi connectivity index (χ0n) is 10.5. The van der Waals surface area contributed by atoms with Crippen LogP contribution in [-0.2, 0) is 10.0 Å². The Labute approximate surface area is 120 Å². The first-order valence-corrected chi connectivity index (χ1v) is 7.10. The van der Waals surface area contributed by atoms with Gasteiger partial charge in [0.2, 0.25) is 5.03 Å². The molecule has 0 atom stereocenters. The summed E-state index contributed by atoms with van der Waals surface area (Å²) in [5.41, 5.74) is 2.10. The lowest BCUT2D eigenvalue weighted by Crippen LogP contribution is -2.19. The first kappa shape index (κ1) is 14.7. The smallest absolute Gasteiger partial charge is 0.281 e. The van der Waals surface area contributed by atoms with Gasteiger partial charge in [0, 0.05) is 6.20 Å². The van der Waals surface area contributed by atoms with Crippen molar-refractivity contribution >= 4 is 21.4 Å². The molecular weight excluding hydrogens is 297 g/mol. The number of pyridine rings is 1. The molecule has 0 radical (unpaired) electrons. The van der Waals surface area contributed by atoms with Crippen molar-refractivity contribution in [2.45, 2.75) is 5.03 Å². The molecule has 2 aromatic rings. The third-order valence-corrected chi connectivity index (χ3v) is 3.86. The van der Waals surface area contributed by atoms with Crippen molar-refractivity contribution < 1.29 is 12.8 Å². The molecule has 0 fully saturated rings. The van der Waals surface area contributed by atoms with Gasteiger partial charge >= 0.3 is 0 Å². The largest absolute Gasteiger partial charge is 0.321 e. The van der Waals surface area contributed by atoms with Crippen LogP contribution in [0.5, 0.6) is 0 Å². The molecule has 4 N–H and O–H groups in total. The van der Waals surface area contributed by atoms with E-state index in [1.165, 1.54) is 24.4 Å². The second kappa shape index (κ2) is 5.74. The highest BCUT2D eigenvalue weighted by atomic mass is 32.2. The minimum absolute atomic E-state index is 0.0431. The first-order chi connectivity index (χ1) is 9.97. The van der Waals surface area contributed by atoms with Crippen molar-refractivity contribution in [2.24, 2.45) is 5.84 Å². The zero-order valence-corrected chi connectivity index (χ0v) is 11.4. The number of rotatable bonds is 4. The standard InChI is InChI=1S/C12H10FN5O2S/c13-10-4-3-9(6-8(10)7-14)18-21(19,20)12-11(17-15)2-1-5-16-12/h1-6,17-18H,15H2. The van der Waals surface area contributed by atoms with Crippen molar-refractivity contribution in [1.29, 1.82) is 5.26 Å². The number of hydrogen-bond donors (Lipinski definition) is 3. The molecule has 0 amide bonds. The van der Waals surface area contributed by atoms with E-state index >= 15 is 0 Å². The first-order valence-electron chi connectivity index (χ1n) is 5.62. The molecule has 0 aliphatic rings. The maximum Gasteiger partial charge on any atom is 0.281 e. The average Bonchev–Trinajstić information content (AvgIpc) is 2.49. The van der Waals surface area contributed by atoms with Gasteiger partial charge in [0.25, 0.3) is 10.0 Å². The quantitative estimate of drug-likeness (QED) is 0.576. The summed E-state index contributed by atoms with van der Waals surface area (Å²) < 4.78 is 39.9. The molecule has 0 saturated carbocycles. The summed E-state index contributed by atoms with van der Waals surface area (Å²) in [6.45, 7) is 0. The Morgan fingerprint density at radius 2 is 2.10 bits per heavy atom. The van der Waals surface area contributed by atoms with E-state index < -0.39 is 15.8 Å². The summed E-state index contributed by atoms with van der Waals surface area (Å²) in [6.07, 6.45) is 1.29. The normalized spacial score (nSPS) is 10.7. The molecule has 1 aromatic heterocycles. The Hall–Kier alpha value is -2.70. The van der Waals surface area contributed by atoms with E-state index in [9.17, 15) is 12.8 Å². The highest BCUT2D eigenvalue weighted by molar-refractivity contribution is 7.92. The third kappa shape index (κ3) is 3.07. The summed E-state index contributed by atoms with van der Waals surface area (Å²) in [5.74, 6) is 4.50. The Morgan fingerprint density at radius 1 is 1.33 bits per heavy atom. The van der Waals surface area contributed by atoms with Crippen molar-refractivity contribution in [3.8, 4) is 6.07 Å². The minimum Gasteiger partial charge on any atom is -0.321 e. The van der Waals surface area contributed by atoms with Crippen LogP contribution in [0.2, 0.25) is 0 Å². The number of sulfonamides is 1. The number of nitrogens with two attached hydrogens (primary N) is 1.